The largest absolute Gasteiger partial charge is 0.451 e. The van der Waals surface area contributed by atoms with Gasteiger partial charge in [-0.1, -0.05) is 18.2 Å². The third-order valence-corrected chi connectivity index (χ3v) is 6.50. The van der Waals surface area contributed by atoms with Crippen LogP contribution in [0.15, 0.2) is 63.9 Å². The summed E-state index contributed by atoms with van der Waals surface area (Å²) in [5, 5.41) is 1.36. The number of likely N-dealkylation sites (N-methyl/N-ethyl adjacent to an activating group) is 1. The Morgan fingerprint density at radius 1 is 1.12 bits per heavy atom. The van der Waals surface area contributed by atoms with Gasteiger partial charge in [-0.15, -0.1) is 0 Å². The van der Waals surface area contributed by atoms with E-state index < -0.39 is 15.9 Å². The number of amides is 1. The molecule has 0 aliphatic rings. The molecule has 9 heteroatoms. The molecule has 0 spiro atoms. The summed E-state index contributed by atoms with van der Waals surface area (Å²) in [7, 11) is -0.608. The predicted octanol–water partition coefficient (Wildman–Crippen LogP) is 3.49. The zero-order valence-corrected chi connectivity index (χ0v) is 18.8. The van der Waals surface area contributed by atoms with E-state index in [2.05, 4.69) is 9.71 Å². The summed E-state index contributed by atoms with van der Waals surface area (Å²) in [6.07, 6.45) is 0. The van der Waals surface area contributed by atoms with E-state index in [1.807, 2.05) is 24.1 Å². The first kappa shape index (κ1) is 21.8. The van der Waals surface area contributed by atoms with Crippen molar-refractivity contribution >= 4 is 43.5 Å². The molecule has 2 aromatic heterocycles. The molecule has 0 fully saturated rings. The number of pyridine rings is 1. The SMILES string of the molecule is COCCN(C)c1ccc2cc(C(=O)NS(=O)(=O)c3cccc4ccc(C)nc34)oc2c1. The van der Waals surface area contributed by atoms with E-state index in [0.29, 0.717) is 40.7 Å². The van der Waals surface area contributed by atoms with Crippen LogP contribution in [0.4, 0.5) is 5.69 Å². The van der Waals surface area contributed by atoms with Gasteiger partial charge in [-0.2, -0.15) is 0 Å². The number of hydrogen-bond acceptors (Lipinski definition) is 7. The lowest BCUT2D eigenvalue weighted by Gasteiger charge is -2.18. The molecule has 1 amide bonds. The lowest BCUT2D eigenvalue weighted by atomic mass is 10.2. The molecule has 0 radical (unpaired) electrons. The number of anilines is 1. The first-order valence-corrected chi connectivity index (χ1v) is 11.4. The molecule has 0 saturated carbocycles. The van der Waals surface area contributed by atoms with E-state index in [1.54, 1.807) is 44.4 Å². The summed E-state index contributed by atoms with van der Waals surface area (Å²) in [5.74, 6) is -0.940. The van der Waals surface area contributed by atoms with Gasteiger partial charge in [-0.3, -0.25) is 9.78 Å². The minimum atomic E-state index is -4.16. The Kier molecular flexibility index (Phi) is 5.86. The monoisotopic (exact) mass is 453 g/mol. The van der Waals surface area contributed by atoms with Crippen molar-refractivity contribution in [3.63, 3.8) is 0 Å². The van der Waals surface area contributed by atoms with Crippen molar-refractivity contribution in [3.05, 3.63) is 66.1 Å². The van der Waals surface area contributed by atoms with Crippen molar-refractivity contribution in [2.45, 2.75) is 11.8 Å². The molecular weight excluding hydrogens is 430 g/mol. The topological polar surface area (TPSA) is 102 Å². The number of carbonyl (C=O) groups excluding carboxylic acids is 1. The minimum Gasteiger partial charge on any atom is -0.451 e. The number of nitrogens with one attached hydrogen (secondary N) is 1. The lowest BCUT2D eigenvalue weighted by Crippen LogP contribution is -2.30. The van der Waals surface area contributed by atoms with E-state index in [-0.39, 0.29) is 10.7 Å². The molecule has 1 N–H and O–H groups in total. The quantitative estimate of drug-likeness (QED) is 0.457. The maximum absolute atomic E-state index is 13.0. The number of nitrogens with zero attached hydrogens (tertiary/aromatic N) is 2. The molecule has 0 saturated heterocycles. The molecule has 2 heterocycles. The molecule has 32 heavy (non-hydrogen) atoms. The fourth-order valence-corrected chi connectivity index (χ4v) is 4.52. The smallest absolute Gasteiger partial charge is 0.300 e. The number of methoxy groups -OCH3 is 1. The van der Waals surface area contributed by atoms with Gasteiger partial charge in [0.1, 0.15) is 10.5 Å². The van der Waals surface area contributed by atoms with Crippen LogP contribution >= 0.6 is 0 Å². The number of carbonyl (C=O) groups is 1. The van der Waals surface area contributed by atoms with Crippen molar-refractivity contribution in [2.24, 2.45) is 0 Å². The molecule has 166 valence electrons. The Morgan fingerprint density at radius 3 is 2.69 bits per heavy atom. The average molecular weight is 454 g/mol. The van der Waals surface area contributed by atoms with E-state index in [9.17, 15) is 13.2 Å². The van der Waals surface area contributed by atoms with E-state index in [4.69, 9.17) is 9.15 Å². The first-order chi connectivity index (χ1) is 15.3. The van der Waals surface area contributed by atoms with Crippen LogP contribution in [-0.2, 0) is 14.8 Å². The molecule has 4 aromatic rings. The summed E-state index contributed by atoms with van der Waals surface area (Å²) in [6.45, 7) is 3.03. The standard InChI is InChI=1S/C23H23N3O5S/c1-15-7-8-16-5-4-6-21(22(16)24-15)32(28,29)25-23(27)20-13-17-9-10-18(14-19(17)31-20)26(2)11-12-30-3/h4-10,13-14H,11-12H2,1-3H3,(H,25,27). The second-order valence-corrected chi connectivity index (χ2v) is 9.11. The Labute approximate surface area is 185 Å². The summed E-state index contributed by atoms with van der Waals surface area (Å²) in [5.41, 5.74) is 2.36. The molecular formula is C23H23N3O5S. The van der Waals surface area contributed by atoms with Crippen LogP contribution in [0.2, 0.25) is 0 Å². The van der Waals surface area contributed by atoms with Crippen LogP contribution < -0.4 is 9.62 Å². The third-order valence-electron chi connectivity index (χ3n) is 5.14. The van der Waals surface area contributed by atoms with Crippen LogP contribution in [0.5, 0.6) is 0 Å². The number of furan rings is 1. The maximum Gasteiger partial charge on any atom is 0.300 e. The summed E-state index contributed by atoms with van der Waals surface area (Å²) >= 11 is 0. The Morgan fingerprint density at radius 2 is 1.91 bits per heavy atom. The highest BCUT2D eigenvalue weighted by atomic mass is 32.2. The van der Waals surface area contributed by atoms with Crippen molar-refractivity contribution in [1.29, 1.82) is 0 Å². The number of rotatable bonds is 7. The van der Waals surface area contributed by atoms with Crippen LogP contribution in [0.1, 0.15) is 16.2 Å². The second kappa shape index (κ2) is 8.60. The summed E-state index contributed by atoms with van der Waals surface area (Å²) in [4.78, 5) is 19.0. The van der Waals surface area contributed by atoms with Gasteiger partial charge in [-0.05, 0) is 37.3 Å². The van der Waals surface area contributed by atoms with Crippen LogP contribution in [-0.4, -0.2) is 46.6 Å². The summed E-state index contributed by atoms with van der Waals surface area (Å²) < 4.78 is 38.8. The van der Waals surface area contributed by atoms with Crippen LogP contribution in [0.3, 0.4) is 0 Å². The zero-order valence-electron chi connectivity index (χ0n) is 18.0. The fourth-order valence-electron chi connectivity index (χ4n) is 3.39. The van der Waals surface area contributed by atoms with Crippen LogP contribution in [0, 0.1) is 6.92 Å². The third kappa shape index (κ3) is 4.30. The molecule has 2 aromatic carbocycles. The molecule has 4 rings (SSSR count). The number of benzene rings is 2. The number of aromatic nitrogens is 1. The average Bonchev–Trinajstić information content (AvgIpc) is 3.20. The number of ether oxygens (including phenoxy) is 1. The number of aryl methyl sites for hydroxylation is 1. The van der Waals surface area contributed by atoms with E-state index in [0.717, 1.165) is 5.69 Å². The highest BCUT2D eigenvalue weighted by Crippen LogP contribution is 2.26. The van der Waals surface area contributed by atoms with Gasteiger partial charge in [-0.25, -0.2) is 13.1 Å². The highest BCUT2D eigenvalue weighted by molar-refractivity contribution is 7.90. The highest BCUT2D eigenvalue weighted by Gasteiger charge is 2.24. The predicted molar refractivity (Wildman–Crippen MR) is 122 cm³/mol. The Hall–Kier alpha value is -3.43. The lowest BCUT2D eigenvalue weighted by molar-refractivity contribution is 0.0956. The molecule has 0 bridgehead atoms. The number of para-hydroxylation sites is 1. The molecule has 0 aliphatic heterocycles. The Balaban J connectivity index is 1.61. The second-order valence-electron chi connectivity index (χ2n) is 7.46. The van der Waals surface area contributed by atoms with Crippen LogP contribution in [0.25, 0.3) is 21.9 Å². The van der Waals surface area contributed by atoms with Gasteiger partial charge in [0, 0.05) is 48.9 Å². The van der Waals surface area contributed by atoms with Gasteiger partial charge in [0.25, 0.3) is 10.0 Å². The zero-order chi connectivity index (χ0) is 22.9. The normalized spacial score (nSPS) is 11.7. The number of sulfonamides is 1. The van der Waals surface area contributed by atoms with Crippen molar-refractivity contribution < 1.29 is 22.4 Å². The van der Waals surface area contributed by atoms with Gasteiger partial charge < -0.3 is 14.1 Å². The number of fused-ring (bicyclic) bond motifs is 2. The van der Waals surface area contributed by atoms with Gasteiger partial charge in [0.05, 0.1) is 12.1 Å². The van der Waals surface area contributed by atoms with Gasteiger partial charge in [0.15, 0.2) is 5.76 Å². The van der Waals surface area contributed by atoms with E-state index >= 15 is 0 Å². The molecule has 0 aliphatic carbocycles. The van der Waals surface area contributed by atoms with E-state index in [1.165, 1.54) is 12.1 Å². The van der Waals surface area contributed by atoms with Crippen molar-refractivity contribution in [2.75, 3.05) is 32.2 Å². The molecule has 0 unspecified atom stereocenters. The minimum absolute atomic E-state index is 0.0646. The molecule has 8 nitrogen and oxygen atoms in total. The molecule has 0 atom stereocenters. The number of hydrogen-bond donors (Lipinski definition) is 1. The Bertz CT molecular complexity index is 1410. The maximum atomic E-state index is 13.0. The fraction of sp³-hybridized carbons (Fsp3) is 0.217. The van der Waals surface area contributed by atoms with Gasteiger partial charge >= 0.3 is 5.91 Å². The van der Waals surface area contributed by atoms with Crippen molar-refractivity contribution in [1.82, 2.24) is 9.71 Å². The summed E-state index contributed by atoms with van der Waals surface area (Å²) in [6, 6.07) is 15.4. The van der Waals surface area contributed by atoms with Crippen molar-refractivity contribution in [3.8, 4) is 0 Å². The first-order valence-electron chi connectivity index (χ1n) is 9.96. The van der Waals surface area contributed by atoms with Gasteiger partial charge in [0.2, 0.25) is 0 Å².